The van der Waals surface area contributed by atoms with E-state index in [0.29, 0.717) is 5.92 Å². The van der Waals surface area contributed by atoms with Crippen molar-refractivity contribution in [3.05, 3.63) is 70.9 Å². The summed E-state index contributed by atoms with van der Waals surface area (Å²) in [6.45, 7) is 7.76. The zero-order valence-corrected chi connectivity index (χ0v) is 16.3. The minimum Gasteiger partial charge on any atom is -0.326 e. The van der Waals surface area contributed by atoms with E-state index in [0.717, 1.165) is 27.9 Å². The topological polar surface area (TPSA) is 49.4 Å². The Labute approximate surface area is 160 Å². The van der Waals surface area contributed by atoms with Crippen molar-refractivity contribution >= 4 is 23.6 Å². The Morgan fingerprint density at radius 1 is 1.11 bits per heavy atom. The van der Waals surface area contributed by atoms with Crippen LogP contribution in [0.1, 0.15) is 61.4 Å². The lowest BCUT2D eigenvalue weighted by molar-refractivity contribution is -0.129. The minimum atomic E-state index is -0.296. The Morgan fingerprint density at radius 3 is 2.56 bits per heavy atom. The summed E-state index contributed by atoms with van der Waals surface area (Å²) in [6, 6.07) is 13.7. The van der Waals surface area contributed by atoms with Gasteiger partial charge in [0.2, 0.25) is 11.8 Å². The lowest BCUT2D eigenvalue weighted by Gasteiger charge is -2.32. The molecule has 0 radical (unpaired) electrons. The van der Waals surface area contributed by atoms with Gasteiger partial charge in [0.25, 0.3) is 0 Å². The average Bonchev–Trinajstić information content (AvgIpc) is 2.63. The summed E-state index contributed by atoms with van der Waals surface area (Å²) in [7, 11) is 0. The molecule has 0 saturated heterocycles. The Morgan fingerprint density at radius 2 is 1.85 bits per heavy atom. The third-order valence-electron chi connectivity index (χ3n) is 5.04. The van der Waals surface area contributed by atoms with Crippen LogP contribution in [0.15, 0.2) is 48.7 Å². The Bertz CT molecular complexity index is 899. The fraction of sp³-hybridized carbons (Fsp3) is 0.304. The van der Waals surface area contributed by atoms with Crippen molar-refractivity contribution in [2.24, 2.45) is 0 Å². The van der Waals surface area contributed by atoms with Gasteiger partial charge in [0.15, 0.2) is 0 Å². The lowest BCUT2D eigenvalue weighted by atomic mass is 9.93. The standard InChI is InChI=1S/C23H26N2O2/c1-15(2)19-11-7-8-16(3)23(19)24-22(27)14-21-20-10-6-5-9-18(20)12-13-25(21)17(4)26/h5-13,15,21H,14H2,1-4H3,(H,24,27)/t21-/m0/s1. The second-order valence-corrected chi connectivity index (χ2v) is 7.33. The van der Waals surface area contributed by atoms with E-state index in [2.05, 4.69) is 19.2 Å². The van der Waals surface area contributed by atoms with Gasteiger partial charge in [0.1, 0.15) is 0 Å². The molecule has 2 amide bonds. The van der Waals surface area contributed by atoms with Gasteiger partial charge in [-0.05, 0) is 41.2 Å². The maximum Gasteiger partial charge on any atom is 0.226 e. The Balaban J connectivity index is 1.87. The Hall–Kier alpha value is -2.88. The number of nitrogens with one attached hydrogen (secondary N) is 1. The van der Waals surface area contributed by atoms with Crippen molar-refractivity contribution in [2.45, 2.75) is 46.1 Å². The van der Waals surface area contributed by atoms with Crippen molar-refractivity contribution < 1.29 is 9.59 Å². The van der Waals surface area contributed by atoms with Crippen LogP contribution in [0, 0.1) is 6.92 Å². The molecule has 27 heavy (non-hydrogen) atoms. The molecule has 0 fully saturated rings. The van der Waals surface area contributed by atoms with Gasteiger partial charge in [-0.2, -0.15) is 0 Å². The molecule has 140 valence electrons. The zero-order chi connectivity index (χ0) is 19.6. The fourth-order valence-corrected chi connectivity index (χ4v) is 3.62. The molecule has 1 aliphatic rings. The number of carbonyl (C=O) groups excluding carboxylic acids is 2. The molecular formula is C23H26N2O2. The summed E-state index contributed by atoms with van der Waals surface area (Å²) in [5.41, 5.74) is 5.09. The van der Waals surface area contributed by atoms with Gasteiger partial charge in [0, 0.05) is 18.8 Å². The lowest BCUT2D eigenvalue weighted by Crippen LogP contribution is -2.33. The highest BCUT2D eigenvalue weighted by atomic mass is 16.2. The SMILES string of the molecule is CC(=O)N1C=Cc2ccccc2[C@@H]1CC(=O)Nc1c(C)cccc1C(C)C. The van der Waals surface area contributed by atoms with E-state index in [1.165, 1.54) is 6.92 Å². The van der Waals surface area contributed by atoms with Crippen molar-refractivity contribution in [3.63, 3.8) is 0 Å². The van der Waals surface area contributed by atoms with Crippen LogP contribution < -0.4 is 5.32 Å². The first kappa shape index (κ1) is 18.9. The van der Waals surface area contributed by atoms with Crippen molar-refractivity contribution in [3.8, 4) is 0 Å². The monoisotopic (exact) mass is 362 g/mol. The molecule has 2 aromatic carbocycles. The molecule has 2 aromatic rings. The maximum absolute atomic E-state index is 12.9. The highest BCUT2D eigenvalue weighted by molar-refractivity contribution is 5.93. The van der Waals surface area contributed by atoms with Crippen LogP contribution in [0.2, 0.25) is 0 Å². The summed E-state index contributed by atoms with van der Waals surface area (Å²) in [6.07, 6.45) is 3.91. The summed E-state index contributed by atoms with van der Waals surface area (Å²) in [5.74, 6) is 0.150. The van der Waals surface area contributed by atoms with Crippen LogP contribution in [-0.4, -0.2) is 16.7 Å². The van der Waals surface area contributed by atoms with E-state index in [1.807, 2.05) is 55.5 Å². The quantitative estimate of drug-likeness (QED) is 0.830. The van der Waals surface area contributed by atoms with Gasteiger partial charge in [-0.15, -0.1) is 0 Å². The number of benzene rings is 2. The van der Waals surface area contributed by atoms with Crippen molar-refractivity contribution in [1.82, 2.24) is 4.90 Å². The number of aryl methyl sites for hydroxylation is 1. The van der Waals surface area contributed by atoms with E-state index in [9.17, 15) is 9.59 Å². The van der Waals surface area contributed by atoms with E-state index < -0.39 is 0 Å². The molecule has 0 aromatic heterocycles. The number of amides is 2. The molecule has 0 spiro atoms. The smallest absolute Gasteiger partial charge is 0.226 e. The molecule has 0 saturated carbocycles. The largest absolute Gasteiger partial charge is 0.326 e. The van der Waals surface area contributed by atoms with Crippen LogP contribution in [0.25, 0.3) is 6.08 Å². The molecule has 1 atom stereocenters. The van der Waals surface area contributed by atoms with Crippen LogP contribution in [0.4, 0.5) is 5.69 Å². The second kappa shape index (κ2) is 7.78. The number of carbonyl (C=O) groups is 2. The number of para-hydroxylation sites is 1. The molecule has 1 aliphatic heterocycles. The van der Waals surface area contributed by atoms with E-state index in [1.54, 1.807) is 11.1 Å². The molecule has 0 bridgehead atoms. The van der Waals surface area contributed by atoms with E-state index in [4.69, 9.17) is 0 Å². The first-order valence-electron chi connectivity index (χ1n) is 9.34. The van der Waals surface area contributed by atoms with Crippen LogP contribution in [-0.2, 0) is 9.59 Å². The summed E-state index contributed by atoms with van der Waals surface area (Å²) in [4.78, 5) is 26.7. The molecule has 4 heteroatoms. The second-order valence-electron chi connectivity index (χ2n) is 7.33. The van der Waals surface area contributed by atoms with Gasteiger partial charge >= 0.3 is 0 Å². The highest BCUT2D eigenvalue weighted by Gasteiger charge is 2.28. The number of anilines is 1. The first-order chi connectivity index (χ1) is 12.9. The first-order valence-corrected chi connectivity index (χ1v) is 9.34. The predicted molar refractivity (Wildman–Crippen MR) is 109 cm³/mol. The van der Waals surface area contributed by atoms with Gasteiger partial charge in [-0.3, -0.25) is 9.59 Å². The normalized spacial score (nSPS) is 15.6. The zero-order valence-electron chi connectivity index (χ0n) is 16.3. The number of nitrogens with zero attached hydrogens (tertiary/aromatic N) is 1. The highest BCUT2D eigenvalue weighted by Crippen LogP contribution is 2.34. The molecule has 0 aliphatic carbocycles. The van der Waals surface area contributed by atoms with E-state index in [-0.39, 0.29) is 24.3 Å². The van der Waals surface area contributed by atoms with Crippen LogP contribution >= 0.6 is 0 Å². The molecule has 1 heterocycles. The average molecular weight is 362 g/mol. The van der Waals surface area contributed by atoms with Gasteiger partial charge in [-0.1, -0.05) is 56.3 Å². The molecular weight excluding hydrogens is 336 g/mol. The van der Waals surface area contributed by atoms with Gasteiger partial charge in [0.05, 0.1) is 12.5 Å². The Kier molecular flexibility index (Phi) is 5.45. The van der Waals surface area contributed by atoms with E-state index >= 15 is 0 Å². The van der Waals surface area contributed by atoms with Crippen molar-refractivity contribution in [2.75, 3.05) is 5.32 Å². The van der Waals surface area contributed by atoms with Crippen molar-refractivity contribution in [1.29, 1.82) is 0 Å². The number of hydrogen-bond donors (Lipinski definition) is 1. The summed E-state index contributed by atoms with van der Waals surface area (Å²) < 4.78 is 0. The molecule has 1 N–H and O–H groups in total. The van der Waals surface area contributed by atoms with Crippen LogP contribution in [0.3, 0.4) is 0 Å². The van der Waals surface area contributed by atoms with Crippen LogP contribution in [0.5, 0.6) is 0 Å². The number of rotatable bonds is 4. The predicted octanol–water partition coefficient (Wildman–Crippen LogP) is 5.02. The summed E-state index contributed by atoms with van der Waals surface area (Å²) in [5, 5.41) is 3.10. The minimum absolute atomic E-state index is 0.0719. The summed E-state index contributed by atoms with van der Waals surface area (Å²) >= 11 is 0. The van der Waals surface area contributed by atoms with Gasteiger partial charge in [-0.25, -0.2) is 0 Å². The number of hydrogen-bond acceptors (Lipinski definition) is 2. The molecule has 4 nitrogen and oxygen atoms in total. The van der Waals surface area contributed by atoms with Gasteiger partial charge < -0.3 is 10.2 Å². The molecule has 3 rings (SSSR count). The third kappa shape index (κ3) is 3.95. The fourth-order valence-electron chi connectivity index (χ4n) is 3.62. The number of fused-ring (bicyclic) bond motifs is 1. The maximum atomic E-state index is 12.9. The third-order valence-corrected chi connectivity index (χ3v) is 5.04. The molecule has 0 unspecified atom stereocenters.